The van der Waals surface area contributed by atoms with Crippen molar-refractivity contribution < 1.29 is 19.0 Å². The Morgan fingerprint density at radius 3 is 2.43 bits per heavy atom. The molecule has 0 saturated carbocycles. The van der Waals surface area contributed by atoms with Crippen LogP contribution in [-0.4, -0.2) is 43.3 Å². The van der Waals surface area contributed by atoms with E-state index in [0.29, 0.717) is 41.3 Å². The third-order valence-electron chi connectivity index (χ3n) is 5.16. The first-order valence-corrected chi connectivity index (χ1v) is 12.6. The molecule has 1 fully saturated rings. The predicted molar refractivity (Wildman–Crippen MR) is 144 cm³/mol. The van der Waals surface area contributed by atoms with Gasteiger partial charge in [0.2, 0.25) is 0 Å². The van der Waals surface area contributed by atoms with E-state index < -0.39 is 0 Å². The molecular formula is C27H25BrN2O4S. The Morgan fingerprint density at radius 2 is 1.74 bits per heavy atom. The lowest BCUT2D eigenvalue weighted by Crippen LogP contribution is -2.32. The van der Waals surface area contributed by atoms with Crippen molar-refractivity contribution in [2.75, 3.05) is 27.4 Å². The summed E-state index contributed by atoms with van der Waals surface area (Å²) in [4.78, 5) is 20.1. The number of carbonyl (C=O) groups excluding carboxylic acids is 1. The smallest absolute Gasteiger partial charge is 0.266 e. The van der Waals surface area contributed by atoms with E-state index in [-0.39, 0.29) is 5.91 Å². The number of carbonyl (C=O) groups is 1. The molecule has 35 heavy (non-hydrogen) atoms. The Labute approximate surface area is 217 Å². The van der Waals surface area contributed by atoms with Crippen molar-refractivity contribution in [3.05, 3.63) is 93.3 Å². The molecule has 180 valence electrons. The normalized spacial score (nSPS) is 15.7. The molecule has 3 aromatic carbocycles. The van der Waals surface area contributed by atoms with Crippen LogP contribution in [0.4, 0.5) is 5.69 Å². The van der Waals surface area contributed by atoms with E-state index in [1.807, 2.05) is 78.9 Å². The van der Waals surface area contributed by atoms with Gasteiger partial charge in [-0.3, -0.25) is 9.69 Å². The largest absolute Gasteiger partial charge is 0.493 e. The zero-order valence-electron chi connectivity index (χ0n) is 19.4. The number of ether oxygens (including phenoxy) is 3. The van der Waals surface area contributed by atoms with E-state index in [1.54, 1.807) is 19.1 Å². The van der Waals surface area contributed by atoms with Crippen LogP contribution >= 0.6 is 27.7 Å². The van der Waals surface area contributed by atoms with Crippen LogP contribution in [0, 0.1) is 0 Å². The molecular weight excluding hydrogens is 528 g/mol. The summed E-state index contributed by atoms with van der Waals surface area (Å²) in [6.45, 7) is 1.25. The fourth-order valence-electron chi connectivity index (χ4n) is 3.43. The maximum Gasteiger partial charge on any atom is 0.266 e. The van der Waals surface area contributed by atoms with Crippen molar-refractivity contribution in [1.82, 2.24) is 4.90 Å². The summed E-state index contributed by atoms with van der Waals surface area (Å²) >= 11 is 4.94. The minimum atomic E-state index is -0.110. The van der Waals surface area contributed by atoms with Crippen LogP contribution in [0.1, 0.15) is 11.1 Å². The molecule has 6 nitrogen and oxygen atoms in total. The number of nitrogens with zero attached hydrogens (tertiary/aromatic N) is 2. The average molecular weight is 553 g/mol. The summed E-state index contributed by atoms with van der Waals surface area (Å²) in [6, 6.07) is 23.3. The molecule has 3 aromatic rings. The highest BCUT2D eigenvalue weighted by atomic mass is 79.9. The van der Waals surface area contributed by atoms with E-state index >= 15 is 0 Å². The lowest BCUT2D eigenvalue weighted by Gasteiger charge is -2.15. The number of hydrogen-bond acceptors (Lipinski definition) is 6. The molecule has 0 unspecified atom stereocenters. The Hall–Kier alpha value is -3.07. The van der Waals surface area contributed by atoms with Crippen LogP contribution in [0.3, 0.4) is 0 Å². The Kier molecular flexibility index (Phi) is 8.63. The molecule has 4 rings (SSSR count). The minimum absolute atomic E-state index is 0.110. The summed E-state index contributed by atoms with van der Waals surface area (Å²) < 4.78 is 17.6. The molecule has 0 spiro atoms. The highest BCUT2D eigenvalue weighted by Gasteiger charge is 2.33. The van der Waals surface area contributed by atoms with Crippen LogP contribution in [0.15, 0.2) is 87.2 Å². The van der Waals surface area contributed by atoms with Crippen molar-refractivity contribution in [3.63, 3.8) is 0 Å². The first-order chi connectivity index (χ1) is 17.1. The molecule has 1 heterocycles. The average Bonchev–Trinajstić information content (AvgIpc) is 3.16. The number of amides is 1. The molecule has 0 aromatic heterocycles. The van der Waals surface area contributed by atoms with Crippen molar-refractivity contribution in [2.45, 2.75) is 6.61 Å². The van der Waals surface area contributed by atoms with Crippen molar-refractivity contribution in [2.24, 2.45) is 4.99 Å². The number of aliphatic imine (C=N–C) groups is 1. The van der Waals surface area contributed by atoms with Crippen LogP contribution < -0.4 is 9.47 Å². The van der Waals surface area contributed by atoms with Gasteiger partial charge in [-0.2, -0.15) is 0 Å². The number of halogens is 1. The standard InChI is InChI=1S/C27H25BrN2O4S/c1-32-14-13-30-26(31)24(35-27(30)29-21-11-7-4-8-12-21)17-20-15-22(28)25(23(16-20)33-2)34-18-19-9-5-3-6-10-19/h3-12,15-17H,13-14,18H2,1-2H3/b24-17+,29-27?. The molecule has 0 N–H and O–H groups in total. The molecule has 0 aliphatic carbocycles. The van der Waals surface area contributed by atoms with Gasteiger partial charge in [-0.1, -0.05) is 48.5 Å². The summed E-state index contributed by atoms with van der Waals surface area (Å²) in [5.41, 5.74) is 2.65. The van der Waals surface area contributed by atoms with Gasteiger partial charge >= 0.3 is 0 Å². The molecule has 0 bridgehead atoms. The summed E-state index contributed by atoms with van der Waals surface area (Å²) in [6.07, 6.45) is 1.84. The molecule has 1 saturated heterocycles. The van der Waals surface area contributed by atoms with Crippen molar-refractivity contribution in [3.8, 4) is 11.5 Å². The van der Waals surface area contributed by atoms with E-state index in [0.717, 1.165) is 21.3 Å². The predicted octanol–water partition coefficient (Wildman–Crippen LogP) is 6.29. The Bertz CT molecular complexity index is 1230. The van der Waals surface area contributed by atoms with Crippen molar-refractivity contribution >= 4 is 50.5 Å². The van der Waals surface area contributed by atoms with Gasteiger partial charge < -0.3 is 14.2 Å². The number of hydrogen-bond donors (Lipinski definition) is 0. The van der Waals surface area contributed by atoms with Crippen LogP contribution in [0.2, 0.25) is 0 Å². The third-order valence-corrected chi connectivity index (χ3v) is 6.76. The molecule has 1 aliphatic heterocycles. The SMILES string of the molecule is COCCN1C(=O)/C(=C\c2cc(Br)c(OCc3ccccc3)c(OC)c2)SC1=Nc1ccccc1. The fraction of sp³-hybridized carbons (Fsp3) is 0.185. The minimum Gasteiger partial charge on any atom is -0.493 e. The van der Waals surface area contributed by atoms with Gasteiger partial charge in [-0.15, -0.1) is 0 Å². The maximum absolute atomic E-state index is 13.2. The zero-order chi connectivity index (χ0) is 24.6. The number of methoxy groups -OCH3 is 2. The molecule has 0 atom stereocenters. The first-order valence-electron chi connectivity index (χ1n) is 11.0. The Balaban J connectivity index is 1.60. The summed E-state index contributed by atoms with van der Waals surface area (Å²) in [5.74, 6) is 1.07. The van der Waals surface area contributed by atoms with E-state index in [4.69, 9.17) is 14.2 Å². The first kappa shape index (κ1) is 25.0. The van der Waals surface area contributed by atoms with E-state index in [2.05, 4.69) is 20.9 Å². The number of thioether (sulfide) groups is 1. The molecule has 0 radical (unpaired) electrons. The van der Waals surface area contributed by atoms with Crippen LogP contribution in [0.5, 0.6) is 11.5 Å². The third kappa shape index (κ3) is 6.33. The molecule has 1 amide bonds. The summed E-state index contributed by atoms with van der Waals surface area (Å²) in [5, 5.41) is 0.623. The number of benzene rings is 3. The fourth-order valence-corrected chi connectivity index (χ4v) is 5.03. The van der Waals surface area contributed by atoms with E-state index in [1.165, 1.54) is 11.8 Å². The molecule has 8 heteroatoms. The topological polar surface area (TPSA) is 60.4 Å². The van der Waals surface area contributed by atoms with Gasteiger partial charge in [-0.25, -0.2) is 4.99 Å². The second-order valence-corrected chi connectivity index (χ2v) is 9.46. The lowest BCUT2D eigenvalue weighted by molar-refractivity contribution is -0.122. The van der Waals surface area contributed by atoms with E-state index in [9.17, 15) is 4.79 Å². The van der Waals surface area contributed by atoms with Crippen LogP contribution in [0.25, 0.3) is 6.08 Å². The second-order valence-electron chi connectivity index (χ2n) is 7.60. The lowest BCUT2D eigenvalue weighted by atomic mass is 10.1. The summed E-state index contributed by atoms with van der Waals surface area (Å²) in [7, 11) is 3.21. The van der Waals surface area contributed by atoms with Gasteiger partial charge in [-0.05, 0) is 69.2 Å². The zero-order valence-corrected chi connectivity index (χ0v) is 21.8. The van der Waals surface area contributed by atoms with Gasteiger partial charge in [0.15, 0.2) is 16.7 Å². The highest BCUT2D eigenvalue weighted by molar-refractivity contribution is 9.10. The number of rotatable bonds is 9. The highest BCUT2D eigenvalue weighted by Crippen LogP contribution is 2.40. The number of para-hydroxylation sites is 1. The van der Waals surface area contributed by atoms with Gasteiger partial charge in [0, 0.05) is 7.11 Å². The van der Waals surface area contributed by atoms with Gasteiger partial charge in [0.05, 0.1) is 35.3 Å². The van der Waals surface area contributed by atoms with Crippen molar-refractivity contribution in [1.29, 1.82) is 0 Å². The van der Waals surface area contributed by atoms with Gasteiger partial charge in [0.25, 0.3) is 5.91 Å². The Morgan fingerprint density at radius 1 is 1.03 bits per heavy atom. The molecule has 1 aliphatic rings. The number of amidine groups is 1. The maximum atomic E-state index is 13.2. The van der Waals surface area contributed by atoms with Crippen LogP contribution in [-0.2, 0) is 16.1 Å². The monoisotopic (exact) mass is 552 g/mol. The second kappa shape index (κ2) is 12.1. The van der Waals surface area contributed by atoms with Gasteiger partial charge in [0.1, 0.15) is 6.61 Å². The quantitative estimate of drug-likeness (QED) is 0.292.